The highest BCUT2D eigenvalue weighted by Gasteiger charge is 2.35. The Kier molecular flexibility index (Phi) is 3.77. The monoisotopic (exact) mass is 361 g/mol. The number of hydrogen-bond acceptors (Lipinski definition) is 4. The molecule has 7 nitrogen and oxygen atoms in total. The first kappa shape index (κ1) is 16.6. The number of phenolic OH excluding ortho intramolecular Hbond substituents is 1. The highest BCUT2D eigenvalue weighted by Crippen LogP contribution is 2.28. The van der Waals surface area contributed by atoms with Crippen LogP contribution in [0.25, 0.3) is 17.0 Å². The van der Waals surface area contributed by atoms with Gasteiger partial charge in [-0.2, -0.15) is 0 Å². The molecular weight excluding hydrogens is 346 g/mol. The number of aromatic hydroxyl groups is 1. The number of nitrogens with zero attached hydrogens (tertiary/aromatic N) is 2. The lowest BCUT2D eigenvalue weighted by Gasteiger charge is -2.18. The molecule has 1 aromatic heterocycles. The third-order valence-corrected chi connectivity index (χ3v) is 4.50. The molecule has 27 heavy (non-hydrogen) atoms. The Hall–Kier alpha value is -3.87. The lowest BCUT2D eigenvalue weighted by molar-refractivity contribution is -0.117. The van der Waals surface area contributed by atoms with Crippen molar-refractivity contribution in [3.8, 4) is 5.75 Å². The number of amides is 2. The van der Waals surface area contributed by atoms with Crippen molar-refractivity contribution in [1.29, 1.82) is 0 Å². The number of pyridine rings is 1. The normalized spacial score (nSPS) is 15.6. The van der Waals surface area contributed by atoms with Crippen LogP contribution < -0.4 is 16.0 Å². The van der Waals surface area contributed by atoms with Crippen LogP contribution in [0.3, 0.4) is 0 Å². The zero-order chi connectivity index (χ0) is 19.1. The maximum atomic E-state index is 12.9. The average molecular weight is 361 g/mol. The van der Waals surface area contributed by atoms with Crippen molar-refractivity contribution in [2.45, 2.75) is 0 Å². The zero-order valence-electron chi connectivity index (χ0n) is 14.3. The third-order valence-electron chi connectivity index (χ3n) is 4.50. The number of anilines is 1. The standard InChI is InChI=1S/C20H15N3O4/c1-22-15-8-4-3-7-13(15)16(11-18(22)25)23-20(27)14(19(26)21-23)10-12-6-2-5-9-17(12)24/h2-11,24H,1H3,(H,21,26)/b14-10-. The van der Waals surface area contributed by atoms with Crippen LogP contribution in [0.1, 0.15) is 5.56 Å². The van der Waals surface area contributed by atoms with Gasteiger partial charge in [-0.25, -0.2) is 5.01 Å². The number of nitrogens with one attached hydrogen (secondary N) is 1. The predicted octanol–water partition coefficient (Wildman–Crippen LogP) is 1.71. The van der Waals surface area contributed by atoms with E-state index in [1.54, 1.807) is 49.5 Å². The van der Waals surface area contributed by atoms with Crippen LogP contribution in [0.2, 0.25) is 0 Å². The smallest absolute Gasteiger partial charge is 0.282 e. The third kappa shape index (κ3) is 2.65. The van der Waals surface area contributed by atoms with Crippen LogP contribution in [0, 0.1) is 0 Å². The van der Waals surface area contributed by atoms with E-state index in [0.29, 0.717) is 22.2 Å². The van der Waals surface area contributed by atoms with E-state index in [9.17, 15) is 19.5 Å². The molecule has 1 aliphatic rings. The van der Waals surface area contributed by atoms with E-state index >= 15 is 0 Å². The maximum Gasteiger partial charge on any atom is 0.282 e. The topological polar surface area (TPSA) is 91.6 Å². The lowest BCUT2D eigenvalue weighted by atomic mass is 10.1. The summed E-state index contributed by atoms with van der Waals surface area (Å²) in [6.07, 6.45) is 1.33. The number of benzene rings is 2. The van der Waals surface area contributed by atoms with Crippen LogP contribution in [-0.2, 0) is 16.6 Å². The molecule has 0 bridgehead atoms. The van der Waals surface area contributed by atoms with Gasteiger partial charge in [-0.05, 0) is 18.2 Å². The summed E-state index contributed by atoms with van der Waals surface area (Å²) in [5, 5.41) is 11.6. The maximum absolute atomic E-state index is 12.9. The molecule has 2 amide bonds. The molecule has 0 radical (unpaired) electrons. The van der Waals surface area contributed by atoms with E-state index < -0.39 is 11.8 Å². The first-order chi connectivity index (χ1) is 13.0. The Balaban J connectivity index is 1.84. The summed E-state index contributed by atoms with van der Waals surface area (Å²) in [5.74, 6) is -1.24. The minimum Gasteiger partial charge on any atom is -0.507 e. The Morgan fingerprint density at radius 1 is 1.00 bits per heavy atom. The molecule has 1 saturated heterocycles. The SMILES string of the molecule is Cn1c(=O)cc(N2NC(=O)/C(=C/c3ccccc3O)C2=O)c2ccccc21. The molecule has 1 aliphatic heterocycles. The first-order valence-electron chi connectivity index (χ1n) is 8.21. The lowest BCUT2D eigenvalue weighted by Crippen LogP contribution is -2.37. The molecule has 2 N–H and O–H groups in total. The largest absolute Gasteiger partial charge is 0.507 e. The van der Waals surface area contributed by atoms with E-state index in [0.717, 1.165) is 5.01 Å². The number of hydrogen-bond donors (Lipinski definition) is 2. The molecule has 7 heteroatoms. The van der Waals surface area contributed by atoms with Gasteiger partial charge in [0, 0.05) is 24.1 Å². The molecule has 0 spiro atoms. The number of phenols is 1. The Labute approximate surface area is 153 Å². The van der Waals surface area contributed by atoms with Crippen molar-refractivity contribution in [1.82, 2.24) is 9.99 Å². The van der Waals surface area contributed by atoms with E-state index in [4.69, 9.17) is 0 Å². The van der Waals surface area contributed by atoms with Crippen molar-refractivity contribution in [3.05, 3.63) is 76.1 Å². The van der Waals surface area contributed by atoms with Gasteiger partial charge in [0.2, 0.25) is 0 Å². The second-order valence-corrected chi connectivity index (χ2v) is 6.14. The Morgan fingerprint density at radius 2 is 1.70 bits per heavy atom. The van der Waals surface area contributed by atoms with Crippen molar-refractivity contribution >= 4 is 34.5 Å². The van der Waals surface area contributed by atoms with Gasteiger partial charge in [0.05, 0.1) is 11.2 Å². The van der Waals surface area contributed by atoms with Crippen LogP contribution in [0.15, 0.2) is 65.0 Å². The summed E-state index contributed by atoms with van der Waals surface area (Å²) >= 11 is 0. The fourth-order valence-corrected chi connectivity index (χ4v) is 3.07. The van der Waals surface area contributed by atoms with Crippen molar-refractivity contribution < 1.29 is 14.7 Å². The number of para-hydroxylation sites is 2. The molecule has 1 fully saturated rings. The van der Waals surface area contributed by atoms with Gasteiger partial charge in [-0.1, -0.05) is 36.4 Å². The molecule has 4 rings (SSSR count). The van der Waals surface area contributed by atoms with Gasteiger partial charge in [0.1, 0.15) is 11.3 Å². The van der Waals surface area contributed by atoms with E-state index in [-0.39, 0.29) is 16.9 Å². The molecular formula is C20H15N3O4. The molecule has 2 heterocycles. The zero-order valence-corrected chi connectivity index (χ0v) is 14.3. The quantitative estimate of drug-likeness (QED) is 0.537. The average Bonchev–Trinajstić information content (AvgIpc) is 2.94. The summed E-state index contributed by atoms with van der Waals surface area (Å²) in [6.45, 7) is 0. The number of hydrazine groups is 1. The van der Waals surface area contributed by atoms with Crippen molar-refractivity contribution in [3.63, 3.8) is 0 Å². The summed E-state index contributed by atoms with van der Waals surface area (Å²) in [6, 6.07) is 14.8. The molecule has 0 saturated carbocycles. The number of carbonyl (C=O) groups excluding carboxylic acids is 2. The van der Waals surface area contributed by atoms with Crippen molar-refractivity contribution in [2.24, 2.45) is 7.05 Å². The number of carbonyl (C=O) groups is 2. The van der Waals surface area contributed by atoms with Gasteiger partial charge < -0.3 is 9.67 Å². The summed E-state index contributed by atoms with van der Waals surface area (Å²) < 4.78 is 1.47. The fraction of sp³-hybridized carbons (Fsp3) is 0.0500. The first-order valence-corrected chi connectivity index (χ1v) is 8.21. The van der Waals surface area contributed by atoms with E-state index in [1.807, 2.05) is 0 Å². The minimum atomic E-state index is -0.604. The molecule has 0 aliphatic carbocycles. The molecule has 134 valence electrons. The van der Waals surface area contributed by atoms with Crippen LogP contribution in [-0.4, -0.2) is 21.5 Å². The number of aryl methyl sites for hydroxylation is 1. The summed E-state index contributed by atoms with van der Waals surface area (Å²) in [7, 11) is 1.64. The minimum absolute atomic E-state index is 0.0388. The van der Waals surface area contributed by atoms with Crippen LogP contribution >= 0.6 is 0 Å². The van der Waals surface area contributed by atoms with Crippen LogP contribution in [0.5, 0.6) is 5.75 Å². The van der Waals surface area contributed by atoms with Gasteiger partial charge in [0.15, 0.2) is 0 Å². The van der Waals surface area contributed by atoms with Crippen molar-refractivity contribution in [2.75, 3.05) is 5.01 Å². The second-order valence-electron chi connectivity index (χ2n) is 6.14. The summed E-state index contributed by atoms with van der Waals surface area (Å²) in [4.78, 5) is 37.5. The molecule has 2 aromatic carbocycles. The van der Waals surface area contributed by atoms with Gasteiger partial charge in [-0.15, -0.1) is 0 Å². The van der Waals surface area contributed by atoms with E-state index in [2.05, 4.69) is 5.43 Å². The highest BCUT2D eigenvalue weighted by atomic mass is 16.3. The molecule has 0 unspecified atom stereocenters. The van der Waals surface area contributed by atoms with Gasteiger partial charge in [0.25, 0.3) is 17.4 Å². The number of aromatic nitrogens is 1. The van der Waals surface area contributed by atoms with Gasteiger partial charge >= 0.3 is 0 Å². The number of rotatable bonds is 2. The van der Waals surface area contributed by atoms with E-state index in [1.165, 1.54) is 22.8 Å². The van der Waals surface area contributed by atoms with Crippen LogP contribution in [0.4, 0.5) is 5.69 Å². The Bertz CT molecular complexity index is 1190. The highest BCUT2D eigenvalue weighted by molar-refractivity contribution is 6.32. The molecule has 3 aromatic rings. The molecule has 0 atom stereocenters. The summed E-state index contributed by atoms with van der Waals surface area (Å²) in [5.41, 5.74) is 3.36. The predicted molar refractivity (Wildman–Crippen MR) is 101 cm³/mol. The number of fused-ring (bicyclic) bond motifs is 1. The fourth-order valence-electron chi connectivity index (χ4n) is 3.07. The Morgan fingerprint density at radius 3 is 2.48 bits per heavy atom. The van der Waals surface area contributed by atoms with Gasteiger partial charge in [-0.3, -0.25) is 19.8 Å². The second kappa shape index (κ2) is 6.14.